The highest BCUT2D eigenvalue weighted by atomic mass is 127. The normalized spacial score (nSPS) is 20.9. The van der Waals surface area contributed by atoms with E-state index in [1.165, 1.54) is 4.90 Å². The van der Waals surface area contributed by atoms with E-state index in [0.29, 0.717) is 30.2 Å². The fraction of sp³-hybridized carbons (Fsp3) is 0.889. The van der Waals surface area contributed by atoms with Gasteiger partial charge in [-0.05, 0) is 6.92 Å². The highest BCUT2D eigenvalue weighted by Crippen LogP contribution is 2.21. The van der Waals surface area contributed by atoms with Crippen LogP contribution in [-0.2, 0) is 4.79 Å². The van der Waals surface area contributed by atoms with Crippen molar-refractivity contribution in [3.63, 3.8) is 0 Å². The summed E-state index contributed by atoms with van der Waals surface area (Å²) >= 11 is 2.25. The Balaban J connectivity index is 2.39. The first kappa shape index (κ1) is 14.0. The number of hydrogen-bond acceptors (Lipinski definition) is 2. The van der Waals surface area contributed by atoms with Gasteiger partial charge in [-0.3, -0.25) is 9.69 Å². The Hall–Kier alpha value is -0.0500. The van der Waals surface area contributed by atoms with Crippen molar-refractivity contribution in [3.05, 3.63) is 0 Å². The van der Waals surface area contributed by atoms with Gasteiger partial charge >= 0.3 is 6.18 Å². The fourth-order valence-corrected chi connectivity index (χ4v) is 2.17. The van der Waals surface area contributed by atoms with Gasteiger partial charge in [0.15, 0.2) is 0 Å². The number of amides is 1. The van der Waals surface area contributed by atoms with E-state index in [4.69, 9.17) is 0 Å². The van der Waals surface area contributed by atoms with E-state index in [1.807, 2.05) is 6.92 Å². The average molecular weight is 350 g/mol. The van der Waals surface area contributed by atoms with Crippen molar-refractivity contribution in [2.75, 3.05) is 26.2 Å². The third-order valence-corrected chi connectivity index (χ3v) is 3.31. The summed E-state index contributed by atoms with van der Waals surface area (Å²) in [7, 11) is 0. The zero-order chi connectivity index (χ0) is 12.3. The average Bonchev–Trinajstić information content (AvgIpc) is 2.15. The second-order valence-electron chi connectivity index (χ2n) is 3.78. The van der Waals surface area contributed by atoms with Crippen molar-refractivity contribution in [2.24, 2.45) is 0 Å². The zero-order valence-corrected chi connectivity index (χ0v) is 11.1. The van der Waals surface area contributed by atoms with Gasteiger partial charge in [0, 0.05) is 26.2 Å². The van der Waals surface area contributed by atoms with Gasteiger partial charge in [0.05, 0.1) is 4.05 Å². The summed E-state index contributed by atoms with van der Waals surface area (Å²) in [6.07, 6.45) is -5.74. The standard InChI is InChI=1S/C9H14F3IN2O/c1-7(13)14-2-4-15(5-3-14)8(16)6-9(10,11)12/h7H,2-6H2,1H3/t7-/m0/s1. The second-order valence-corrected chi connectivity index (χ2v) is 5.59. The molecular formula is C9H14F3IN2O. The Morgan fingerprint density at radius 2 is 1.81 bits per heavy atom. The molecule has 0 aromatic heterocycles. The molecule has 3 nitrogen and oxygen atoms in total. The SMILES string of the molecule is C[C@@H](I)N1CCN(C(=O)CC(F)(F)F)CC1. The Morgan fingerprint density at radius 1 is 1.31 bits per heavy atom. The number of halogens is 4. The zero-order valence-electron chi connectivity index (χ0n) is 8.93. The first-order chi connectivity index (χ1) is 7.29. The first-order valence-electron chi connectivity index (χ1n) is 5.02. The maximum Gasteiger partial charge on any atom is 0.397 e. The quantitative estimate of drug-likeness (QED) is 0.431. The molecule has 1 aliphatic rings. The summed E-state index contributed by atoms with van der Waals surface area (Å²) in [5.74, 6) is -0.812. The molecule has 1 rings (SSSR count). The lowest BCUT2D eigenvalue weighted by molar-refractivity contribution is -0.162. The van der Waals surface area contributed by atoms with Crippen LogP contribution in [0.3, 0.4) is 0 Å². The maximum atomic E-state index is 12.0. The molecule has 1 saturated heterocycles. The van der Waals surface area contributed by atoms with Gasteiger partial charge in [-0.25, -0.2) is 0 Å². The number of carbonyl (C=O) groups excluding carboxylic acids is 1. The van der Waals surface area contributed by atoms with Gasteiger partial charge in [-0.15, -0.1) is 0 Å². The van der Waals surface area contributed by atoms with Crippen LogP contribution in [-0.4, -0.2) is 52.1 Å². The van der Waals surface area contributed by atoms with Crippen LogP contribution in [0.2, 0.25) is 0 Å². The molecule has 1 aliphatic heterocycles. The van der Waals surface area contributed by atoms with Crippen molar-refractivity contribution in [3.8, 4) is 0 Å². The summed E-state index contributed by atoms with van der Waals surface area (Å²) in [6.45, 7) is 4.10. The lowest BCUT2D eigenvalue weighted by Gasteiger charge is -2.36. The molecule has 0 spiro atoms. The molecule has 0 aliphatic carbocycles. The summed E-state index contributed by atoms with van der Waals surface area (Å²) in [6, 6.07) is 0. The van der Waals surface area contributed by atoms with E-state index < -0.39 is 18.5 Å². The monoisotopic (exact) mass is 350 g/mol. The number of rotatable bonds is 2. The summed E-state index contributed by atoms with van der Waals surface area (Å²) in [4.78, 5) is 14.7. The van der Waals surface area contributed by atoms with E-state index in [0.717, 1.165) is 0 Å². The molecule has 16 heavy (non-hydrogen) atoms. The molecule has 0 bridgehead atoms. The maximum absolute atomic E-state index is 12.0. The Bertz CT molecular complexity index is 250. The Kier molecular flexibility index (Phi) is 4.84. The molecule has 1 fully saturated rings. The van der Waals surface area contributed by atoms with E-state index in [-0.39, 0.29) is 0 Å². The largest absolute Gasteiger partial charge is 0.397 e. The van der Waals surface area contributed by atoms with Crippen LogP contribution < -0.4 is 0 Å². The smallest absolute Gasteiger partial charge is 0.340 e. The van der Waals surface area contributed by atoms with Crippen LogP contribution in [0.1, 0.15) is 13.3 Å². The van der Waals surface area contributed by atoms with Crippen LogP contribution in [0.4, 0.5) is 13.2 Å². The molecule has 0 N–H and O–H groups in total. The summed E-state index contributed by atoms with van der Waals surface area (Å²) < 4.78 is 36.4. The lowest BCUT2D eigenvalue weighted by atomic mass is 10.2. The topological polar surface area (TPSA) is 23.6 Å². The Morgan fingerprint density at radius 3 is 2.19 bits per heavy atom. The van der Waals surface area contributed by atoms with Crippen molar-refractivity contribution < 1.29 is 18.0 Å². The first-order valence-corrected chi connectivity index (χ1v) is 6.27. The molecule has 1 atom stereocenters. The number of hydrogen-bond donors (Lipinski definition) is 0. The molecule has 7 heteroatoms. The van der Waals surface area contributed by atoms with Gasteiger partial charge in [0.1, 0.15) is 6.42 Å². The van der Waals surface area contributed by atoms with Crippen LogP contribution in [0.5, 0.6) is 0 Å². The summed E-state index contributed by atoms with van der Waals surface area (Å²) in [5, 5.41) is 0. The highest BCUT2D eigenvalue weighted by Gasteiger charge is 2.34. The molecule has 0 unspecified atom stereocenters. The van der Waals surface area contributed by atoms with Crippen LogP contribution in [0, 0.1) is 0 Å². The van der Waals surface area contributed by atoms with Crippen molar-refractivity contribution in [2.45, 2.75) is 23.6 Å². The predicted octanol–water partition coefficient (Wildman–Crippen LogP) is 1.86. The number of piperazine rings is 1. The molecule has 0 aromatic carbocycles. The van der Waals surface area contributed by atoms with Gasteiger partial charge in [0.2, 0.25) is 5.91 Å². The minimum atomic E-state index is -4.40. The van der Waals surface area contributed by atoms with E-state index >= 15 is 0 Å². The van der Waals surface area contributed by atoms with Gasteiger partial charge in [-0.1, -0.05) is 22.6 Å². The molecule has 0 radical (unpaired) electrons. The van der Waals surface area contributed by atoms with Crippen molar-refractivity contribution in [1.82, 2.24) is 9.80 Å². The number of nitrogens with zero attached hydrogens (tertiary/aromatic N) is 2. The molecule has 1 amide bonds. The van der Waals surface area contributed by atoms with Crippen LogP contribution >= 0.6 is 22.6 Å². The minimum Gasteiger partial charge on any atom is -0.340 e. The van der Waals surface area contributed by atoms with E-state index in [2.05, 4.69) is 27.5 Å². The van der Waals surface area contributed by atoms with Gasteiger partial charge in [-0.2, -0.15) is 13.2 Å². The lowest BCUT2D eigenvalue weighted by Crippen LogP contribution is -2.50. The highest BCUT2D eigenvalue weighted by molar-refractivity contribution is 14.1. The van der Waals surface area contributed by atoms with Gasteiger partial charge < -0.3 is 4.90 Å². The Labute approximate surface area is 106 Å². The molecular weight excluding hydrogens is 336 g/mol. The third-order valence-electron chi connectivity index (χ3n) is 2.52. The minimum absolute atomic E-state index is 0.345. The van der Waals surface area contributed by atoms with Crippen molar-refractivity contribution >= 4 is 28.5 Å². The summed E-state index contributed by atoms with van der Waals surface area (Å²) in [5.41, 5.74) is 0. The molecule has 0 saturated carbocycles. The van der Waals surface area contributed by atoms with Crippen LogP contribution in [0.25, 0.3) is 0 Å². The second kappa shape index (κ2) is 5.52. The molecule has 0 aromatic rings. The predicted molar refractivity (Wildman–Crippen MR) is 62.3 cm³/mol. The van der Waals surface area contributed by atoms with E-state index in [1.54, 1.807) is 0 Å². The van der Waals surface area contributed by atoms with Crippen LogP contribution in [0.15, 0.2) is 0 Å². The van der Waals surface area contributed by atoms with Gasteiger partial charge in [0.25, 0.3) is 0 Å². The number of carbonyl (C=O) groups is 1. The van der Waals surface area contributed by atoms with E-state index in [9.17, 15) is 18.0 Å². The fourth-order valence-electron chi connectivity index (χ4n) is 1.61. The third kappa shape index (κ3) is 4.44. The molecule has 94 valence electrons. The van der Waals surface area contributed by atoms with Crippen molar-refractivity contribution in [1.29, 1.82) is 0 Å². The molecule has 1 heterocycles. The number of alkyl halides is 4.